The van der Waals surface area contributed by atoms with Crippen LogP contribution in [0.5, 0.6) is 0 Å². The molecule has 0 aliphatic carbocycles. The molecule has 0 fully saturated rings. The van der Waals surface area contributed by atoms with Crippen LogP contribution in [0.15, 0.2) is 30.3 Å². The summed E-state index contributed by atoms with van der Waals surface area (Å²) in [7, 11) is 0. The normalized spacial score (nSPS) is 10.2. The lowest BCUT2D eigenvalue weighted by molar-refractivity contribution is -0.127. The van der Waals surface area contributed by atoms with Gasteiger partial charge in [0.15, 0.2) is 6.61 Å². The number of aryl methyl sites for hydroxylation is 1. The van der Waals surface area contributed by atoms with Gasteiger partial charge in [0.1, 0.15) is 9.88 Å². The van der Waals surface area contributed by atoms with E-state index in [9.17, 15) is 14.4 Å². The number of esters is 1. The number of ether oxygens (including phenoxy) is 1. The van der Waals surface area contributed by atoms with E-state index in [0.29, 0.717) is 22.1 Å². The fourth-order valence-electron chi connectivity index (χ4n) is 1.98. The third-order valence-electron chi connectivity index (χ3n) is 3.16. The fraction of sp³-hybridized carbons (Fsp3) is 0.294. The zero-order valence-corrected chi connectivity index (χ0v) is 14.8. The maximum absolute atomic E-state index is 12.1. The summed E-state index contributed by atoms with van der Waals surface area (Å²) >= 11 is 1.22. The summed E-state index contributed by atoms with van der Waals surface area (Å²) in [4.78, 5) is 39.7. The van der Waals surface area contributed by atoms with Gasteiger partial charge in [0.2, 0.25) is 5.91 Å². The van der Waals surface area contributed by atoms with Crippen LogP contribution < -0.4 is 10.6 Å². The molecule has 0 saturated heterocycles. The van der Waals surface area contributed by atoms with Gasteiger partial charge in [-0.25, -0.2) is 9.78 Å². The van der Waals surface area contributed by atoms with Gasteiger partial charge in [-0.15, -0.1) is 11.3 Å². The molecule has 1 heterocycles. The second kappa shape index (κ2) is 8.93. The van der Waals surface area contributed by atoms with Crippen LogP contribution in [-0.2, 0) is 14.3 Å². The molecule has 2 rings (SSSR count). The van der Waals surface area contributed by atoms with E-state index in [1.165, 1.54) is 11.3 Å². The van der Waals surface area contributed by atoms with Gasteiger partial charge in [-0.3, -0.25) is 9.59 Å². The Hall–Kier alpha value is -2.74. The summed E-state index contributed by atoms with van der Waals surface area (Å²) in [5, 5.41) is 5.64. The molecular formula is C17H19N3O4S. The molecule has 2 aromatic rings. The molecule has 0 atom stereocenters. The van der Waals surface area contributed by atoms with Crippen LogP contribution in [0, 0.1) is 6.92 Å². The summed E-state index contributed by atoms with van der Waals surface area (Å²) in [6, 6.07) is 9.50. The largest absolute Gasteiger partial charge is 0.451 e. The molecule has 7 nitrogen and oxygen atoms in total. The number of nitrogens with one attached hydrogen (secondary N) is 2. The second-order valence-corrected chi connectivity index (χ2v) is 6.11. The molecule has 1 aromatic carbocycles. The highest BCUT2D eigenvalue weighted by atomic mass is 32.1. The van der Waals surface area contributed by atoms with Gasteiger partial charge in [0, 0.05) is 12.1 Å². The first-order valence-electron chi connectivity index (χ1n) is 7.74. The van der Waals surface area contributed by atoms with Crippen LogP contribution in [0.25, 0.3) is 10.6 Å². The highest BCUT2D eigenvalue weighted by Crippen LogP contribution is 2.28. The monoisotopic (exact) mass is 361 g/mol. The molecule has 25 heavy (non-hydrogen) atoms. The Morgan fingerprint density at radius 2 is 1.84 bits per heavy atom. The maximum atomic E-state index is 12.1. The van der Waals surface area contributed by atoms with E-state index >= 15 is 0 Å². The number of amides is 2. The van der Waals surface area contributed by atoms with E-state index < -0.39 is 18.5 Å². The number of aromatic nitrogens is 1. The zero-order valence-electron chi connectivity index (χ0n) is 14.0. The molecule has 132 valence electrons. The molecule has 2 amide bonds. The molecule has 0 radical (unpaired) electrons. The zero-order chi connectivity index (χ0) is 18.2. The molecule has 0 unspecified atom stereocenters. The highest BCUT2D eigenvalue weighted by molar-refractivity contribution is 7.17. The average molecular weight is 361 g/mol. The second-order valence-electron chi connectivity index (χ2n) is 5.11. The predicted molar refractivity (Wildman–Crippen MR) is 94.3 cm³/mol. The Morgan fingerprint density at radius 1 is 1.12 bits per heavy atom. The number of nitrogens with zero attached hydrogens (tertiary/aromatic N) is 1. The number of rotatable bonds is 7. The first-order chi connectivity index (χ1) is 12.0. The predicted octanol–water partition coefficient (Wildman–Crippen LogP) is 1.53. The summed E-state index contributed by atoms with van der Waals surface area (Å²) in [6.07, 6.45) is 0. The van der Waals surface area contributed by atoms with Crippen LogP contribution in [0.3, 0.4) is 0 Å². The van der Waals surface area contributed by atoms with Gasteiger partial charge in [0.25, 0.3) is 5.91 Å². The lowest BCUT2D eigenvalue weighted by Crippen LogP contribution is -2.38. The Balaban J connectivity index is 1.90. The molecule has 0 bridgehead atoms. The molecule has 8 heteroatoms. The SMILES string of the molecule is CCNC(=O)CNC(=O)COC(=O)c1sc(-c2ccccc2)nc1C. The quantitative estimate of drug-likeness (QED) is 0.729. The van der Waals surface area contributed by atoms with Crippen LogP contribution in [0.2, 0.25) is 0 Å². The number of hydrogen-bond acceptors (Lipinski definition) is 6. The number of hydrogen-bond donors (Lipinski definition) is 2. The Kier molecular flexibility index (Phi) is 6.64. The van der Waals surface area contributed by atoms with Crippen molar-refractivity contribution >= 4 is 29.1 Å². The maximum Gasteiger partial charge on any atom is 0.350 e. The van der Waals surface area contributed by atoms with Crippen molar-refractivity contribution in [1.29, 1.82) is 0 Å². The average Bonchev–Trinajstić information content (AvgIpc) is 3.01. The molecule has 1 aromatic heterocycles. The Labute approximate surface area is 149 Å². The number of carbonyl (C=O) groups is 3. The molecule has 0 aliphatic rings. The number of benzene rings is 1. The smallest absolute Gasteiger partial charge is 0.350 e. The first kappa shape index (κ1) is 18.6. The summed E-state index contributed by atoms with van der Waals surface area (Å²) < 4.78 is 5.00. The van der Waals surface area contributed by atoms with Gasteiger partial charge in [-0.2, -0.15) is 0 Å². The topological polar surface area (TPSA) is 97.4 Å². The summed E-state index contributed by atoms with van der Waals surface area (Å²) in [5.41, 5.74) is 1.46. The van der Waals surface area contributed by atoms with Crippen molar-refractivity contribution < 1.29 is 19.1 Å². The van der Waals surface area contributed by atoms with E-state index in [0.717, 1.165) is 5.56 Å². The van der Waals surface area contributed by atoms with E-state index in [4.69, 9.17) is 4.74 Å². The third-order valence-corrected chi connectivity index (χ3v) is 4.34. The highest BCUT2D eigenvalue weighted by Gasteiger charge is 2.18. The Bertz CT molecular complexity index is 759. The van der Waals surface area contributed by atoms with Gasteiger partial charge in [-0.05, 0) is 13.8 Å². The van der Waals surface area contributed by atoms with Crippen molar-refractivity contribution in [2.75, 3.05) is 19.7 Å². The molecular weight excluding hydrogens is 342 g/mol. The van der Waals surface area contributed by atoms with Crippen molar-refractivity contribution in [2.24, 2.45) is 0 Å². The van der Waals surface area contributed by atoms with Crippen LogP contribution in [0.4, 0.5) is 0 Å². The van der Waals surface area contributed by atoms with Crippen LogP contribution in [-0.4, -0.2) is 42.5 Å². The summed E-state index contributed by atoms with van der Waals surface area (Å²) in [6.45, 7) is 3.38. The number of likely N-dealkylation sites (N-methyl/N-ethyl adjacent to an activating group) is 1. The van der Waals surface area contributed by atoms with Crippen molar-refractivity contribution in [3.8, 4) is 10.6 Å². The van der Waals surface area contributed by atoms with Gasteiger partial charge in [0.05, 0.1) is 12.2 Å². The van der Waals surface area contributed by atoms with E-state index in [1.807, 2.05) is 30.3 Å². The molecule has 0 saturated carbocycles. The van der Waals surface area contributed by atoms with E-state index in [-0.39, 0.29) is 12.5 Å². The standard InChI is InChI=1S/C17H19N3O4S/c1-3-18-13(21)9-19-14(22)10-24-17(23)15-11(2)20-16(25-15)12-7-5-4-6-8-12/h4-8H,3,9-10H2,1-2H3,(H,18,21)(H,19,22). The van der Waals surface area contributed by atoms with E-state index in [2.05, 4.69) is 15.6 Å². The van der Waals surface area contributed by atoms with Crippen molar-refractivity contribution in [3.63, 3.8) is 0 Å². The van der Waals surface area contributed by atoms with Crippen LogP contribution in [0.1, 0.15) is 22.3 Å². The lowest BCUT2D eigenvalue weighted by Gasteiger charge is -2.06. The first-order valence-corrected chi connectivity index (χ1v) is 8.56. The molecule has 0 aliphatic heterocycles. The fourth-order valence-corrected chi connectivity index (χ4v) is 2.94. The van der Waals surface area contributed by atoms with Crippen molar-refractivity contribution in [3.05, 3.63) is 40.9 Å². The van der Waals surface area contributed by atoms with Crippen LogP contribution >= 0.6 is 11.3 Å². The minimum atomic E-state index is -0.606. The summed E-state index contributed by atoms with van der Waals surface area (Å²) in [5.74, 6) is -1.44. The van der Waals surface area contributed by atoms with Gasteiger partial charge < -0.3 is 15.4 Å². The van der Waals surface area contributed by atoms with Crippen molar-refractivity contribution in [2.45, 2.75) is 13.8 Å². The minimum Gasteiger partial charge on any atom is -0.451 e. The molecule has 2 N–H and O–H groups in total. The number of carbonyl (C=O) groups excluding carboxylic acids is 3. The number of thiazole rings is 1. The lowest BCUT2D eigenvalue weighted by atomic mass is 10.2. The van der Waals surface area contributed by atoms with Crippen molar-refractivity contribution in [1.82, 2.24) is 15.6 Å². The van der Waals surface area contributed by atoms with Gasteiger partial charge >= 0.3 is 5.97 Å². The molecule has 0 spiro atoms. The Morgan fingerprint density at radius 3 is 2.52 bits per heavy atom. The van der Waals surface area contributed by atoms with E-state index in [1.54, 1.807) is 13.8 Å². The third kappa shape index (κ3) is 5.39. The van der Waals surface area contributed by atoms with Gasteiger partial charge in [-0.1, -0.05) is 30.3 Å². The minimum absolute atomic E-state index is 0.151.